The highest BCUT2D eigenvalue weighted by molar-refractivity contribution is 4.82. The molecule has 0 unspecified atom stereocenters. The Balaban J connectivity index is 3.88. The van der Waals surface area contributed by atoms with Crippen LogP contribution in [0.3, 0.4) is 0 Å². The minimum Gasteiger partial charge on any atom is -0.396 e. The highest BCUT2D eigenvalue weighted by atomic mass is 16.3. The molecule has 0 saturated carbocycles. The molecule has 0 rings (SSSR count). The Kier molecular flexibility index (Phi) is 38.0. The highest BCUT2D eigenvalue weighted by Gasteiger charge is 2.17. The van der Waals surface area contributed by atoms with Crippen LogP contribution < -0.4 is 0 Å². The summed E-state index contributed by atoms with van der Waals surface area (Å²) in [6.07, 6.45) is 48.9. The van der Waals surface area contributed by atoms with Gasteiger partial charge in [0.05, 0.1) is 0 Å². The van der Waals surface area contributed by atoms with E-state index in [1.165, 1.54) is 180 Å². The van der Waals surface area contributed by atoms with Crippen LogP contribution in [-0.2, 0) is 0 Å². The molecule has 2 N–H and O–H groups in total. The summed E-state index contributed by atoms with van der Waals surface area (Å²) in [4.78, 5) is 2.59. The van der Waals surface area contributed by atoms with Crippen LogP contribution in [0.25, 0.3) is 0 Å². The third-order valence-electron chi connectivity index (χ3n) is 9.36. The van der Waals surface area contributed by atoms with E-state index >= 15 is 0 Å². The van der Waals surface area contributed by atoms with Crippen molar-refractivity contribution in [2.75, 3.05) is 26.3 Å². The van der Waals surface area contributed by atoms with E-state index in [9.17, 15) is 10.2 Å². The second kappa shape index (κ2) is 38.5. The number of unbranched alkanes of at least 4 members (excludes halogenated alkanes) is 24. The second-order valence-corrected chi connectivity index (χ2v) is 13.6. The molecule has 0 spiro atoms. The minimum atomic E-state index is 0.224. The largest absolute Gasteiger partial charge is 0.396 e. The first-order chi connectivity index (χ1) is 21.8. The maximum atomic E-state index is 9.62. The maximum Gasteiger partial charge on any atom is 0.0445 e. The van der Waals surface area contributed by atoms with Gasteiger partial charge < -0.3 is 15.1 Å². The summed E-state index contributed by atoms with van der Waals surface area (Å²) in [7, 11) is 0. The predicted molar refractivity (Wildman–Crippen MR) is 198 cm³/mol. The molecular formula is C41H81NO2. The van der Waals surface area contributed by atoms with Gasteiger partial charge in [-0.15, -0.1) is 0 Å². The molecule has 0 amide bonds. The van der Waals surface area contributed by atoms with Crippen LogP contribution in [0, 0.1) is 0 Å². The summed E-state index contributed by atoms with van der Waals surface area (Å²) in [5.74, 6) is 0. The summed E-state index contributed by atoms with van der Waals surface area (Å²) >= 11 is 0. The standard InChI is InChI=1S/C41H81NO2/c1-3-5-7-9-11-13-15-17-19-21-23-25-27-29-31-33-37-42(41(35-39-43)36-40-44)38-34-32-30-28-26-24-22-20-18-16-14-12-10-8-6-4-2/h17-20,41,43-44H,3-16,21-40H2,1-2H3/b19-17-,20-18-. The Morgan fingerprint density at radius 3 is 0.955 bits per heavy atom. The molecule has 0 radical (unpaired) electrons. The Morgan fingerprint density at radius 1 is 0.386 bits per heavy atom. The molecule has 262 valence electrons. The molecule has 0 aliphatic carbocycles. The summed E-state index contributed by atoms with van der Waals surface area (Å²) in [6.45, 7) is 7.26. The van der Waals surface area contributed by atoms with Gasteiger partial charge in [0.2, 0.25) is 0 Å². The Morgan fingerprint density at radius 2 is 0.659 bits per heavy atom. The molecular weight excluding hydrogens is 538 g/mol. The first-order valence-electron chi connectivity index (χ1n) is 20.1. The molecule has 3 heteroatoms. The number of aliphatic hydroxyl groups excluding tert-OH is 2. The van der Waals surface area contributed by atoms with E-state index in [0.29, 0.717) is 6.04 Å². The van der Waals surface area contributed by atoms with Crippen molar-refractivity contribution < 1.29 is 10.2 Å². The van der Waals surface area contributed by atoms with Gasteiger partial charge in [-0.3, -0.25) is 0 Å². The van der Waals surface area contributed by atoms with Crippen molar-refractivity contribution in [2.24, 2.45) is 0 Å². The molecule has 0 aromatic rings. The maximum absolute atomic E-state index is 9.62. The van der Waals surface area contributed by atoms with Crippen molar-refractivity contribution >= 4 is 0 Å². The average Bonchev–Trinajstić information content (AvgIpc) is 3.03. The molecule has 44 heavy (non-hydrogen) atoms. The Labute approximate surface area is 277 Å². The molecule has 3 nitrogen and oxygen atoms in total. The third kappa shape index (κ3) is 32.7. The predicted octanol–water partition coefficient (Wildman–Crippen LogP) is 12.5. The lowest BCUT2D eigenvalue weighted by Gasteiger charge is -2.31. The smallest absolute Gasteiger partial charge is 0.0445 e. The summed E-state index contributed by atoms with van der Waals surface area (Å²) < 4.78 is 0. The second-order valence-electron chi connectivity index (χ2n) is 13.6. The van der Waals surface area contributed by atoms with Gasteiger partial charge >= 0.3 is 0 Å². The van der Waals surface area contributed by atoms with Crippen molar-refractivity contribution in [3.63, 3.8) is 0 Å². The molecule has 0 heterocycles. The van der Waals surface area contributed by atoms with Crippen LogP contribution >= 0.6 is 0 Å². The molecule has 0 bridgehead atoms. The van der Waals surface area contributed by atoms with Crippen molar-refractivity contribution in [3.05, 3.63) is 24.3 Å². The van der Waals surface area contributed by atoms with Gasteiger partial charge in [0, 0.05) is 19.3 Å². The minimum absolute atomic E-state index is 0.224. The zero-order chi connectivity index (χ0) is 32.0. The number of allylic oxidation sites excluding steroid dienone is 4. The zero-order valence-electron chi connectivity index (χ0n) is 30.3. The third-order valence-corrected chi connectivity index (χ3v) is 9.36. The lowest BCUT2D eigenvalue weighted by atomic mass is 10.0. The monoisotopic (exact) mass is 620 g/mol. The molecule has 0 aliphatic heterocycles. The Bertz CT molecular complexity index is 527. The van der Waals surface area contributed by atoms with Gasteiger partial charge in [-0.2, -0.15) is 0 Å². The van der Waals surface area contributed by atoms with Crippen molar-refractivity contribution in [3.8, 4) is 0 Å². The zero-order valence-corrected chi connectivity index (χ0v) is 30.3. The van der Waals surface area contributed by atoms with E-state index in [1.807, 2.05) is 0 Å². The number of nitrogens with zero attached hydrogens (tertiary/aromatic N) is 1. The number of aliphatic hydroxyl groups is 2. The number of hydrogen-bond donors (Lipinski definition) is 2. The SMILES string of the molecule is CCCCCCCC/C=C\CCCCCCCCN(CCCCCCCC/C=C\CCCCCCCC)C(CCO)CCO. The summed E-state index contributed by atoms with van der Waals surface area (Å²) in [6, 6.07) is 0.330. The topological polar surface area (TPSA) is 43.7 Å². The van der Waals surface area contributed by atoms with E-state index in [1.54, 1.807) is 0 Å². The fourth-order valence-corrected chi connectivity index (χ4v) is 6.41. The van der Waals surface area contributed by atoms with E-state index in [2.05, 4.69) is 43.1 Å². The Hall–Kier alpha value is -0.640. The molecule has 0 aromatic carbocycles. The van der Waals surface area contributed by atoms with Crippen LogP contribution in [0.5, 0.6) is 0 Å². The normalized spacial score (nSPS) is 12.2. The lowest BCUT2D eigenvalue weighted by molar-refractivity contribution is 0.124. The molecule has 0 saturated heterocycles. The molecule has 0 atom stereocenters. The fraction of sp³-hybridized carbons (Fsp3) is 0.902. The summed E-state index contributed by atoms with van der Waals surface area (Å²) in [5.41, 5.74) is 0. The number of rotatable bonds is 37. The van der Waals surface area contributed by atoms with Gasteiger partial charge in [0.15, 0.2) is 0 Å². The van der Waals surface area contributed by atoms with E-state index in [-0.39, 0.29) is 13.2 Å². The molecule has 0 aliphatic rings. The quantitative estimate of drug-likeness (QED) is 0.0537. The van der Waals surface area contributed by atoms with Crippen LogP contribution in [0.15, 0.2) is 24.3 Å². The van der Waals surface area contributed by atoms with Gasteiger partial charge in [-0.25, -0.2) is 0 Å². The average molecular weight is 620 g/mol. The number of hydrogen-bond acceptors (Lipinski definition) is 3. The van der Waals surface area contributed by atoms with Gasteiger partial charge in [-0.1, -0.05) is 154 Å². The van der Waals surface area contributed by atoms with Gasteiger partial charge in [0.1, 0.15) is 0 Å². The molecule has 0 fully saturated rings. The highest BCUT2D eigenvalue weighted by Crippen LogP contribution is 2.16. The van der Waals surface area contributed by atoms with Crippen molar-refractivity contribution in [2.45, 2.75) is 213 Å². The first kappa shape index (κ1) is 43.4. The molecule has 0 aromatic heterocycles. The van der Waals surface area contributed by atoms with Crippen LogP contribution in [-0.4, -0.2) is 47.5 Å². The van der Waals surface area contributed by atoms with Gasteiger partial charge in [0.25, 0.3) is 0 Å². The van der Waals surface area contributed by atoms with E-state index in [4.69, 9.17) is 0 Å². The van der Waals surface area contributed by atoms with E-state index < -0.39 is 0 Å². The first-order valence-corrected chi connectivity index (χ1v) is 20.1. The van der Waals surface area contributed by atoms with Crippen LogP contribution in [0.2, 0.25) is 0 Å². The fourth-order valence-electron chi connectivity index (χ4n) is 6.41. The lowest BCUT2D eigenvalue weighted by Crippen LogP contribution is -2.38. The van der Waals surface area contributed by atoms with Crippen LogP contribution in [0.1, 0.15) is 206 Å². The summed E-state index contributed by atoms with van der Waals surface area (Å²) in [5, 5.41) is 19.2. The van der Waals surface area contributed by atoms with Crippen LogP contribution in [0.4, 0.5) is 0 Å². The van der Waals surface area contributed by atoms with Crippen molar-refractivity contribution in [1.82, 2.24) is 4.90 Å². The van der Waals surface area contributed by atoms with Gasteiger partial charge in [-0.05, 0) is 90.1 Å². The van der Waals surface area contributed by atoms with Crippen molar-refractivity contribution in [1.29, 1.82) is 0 Å². The van der Waals surface area contributed by atoms with E-state index in [0.717, 1.165) is 25.9 Å².